The van der Waals surface area contributed by atoms with Crippen LogP contribution < -0.4 is 5.32 Å². The molecule has 0 radical (unpaired) electrons. The van der Waals surface area contributed by atoms with Gasteiger partial charge < -0.3 is 10.4 Å². The number of nitrogens with zero attached hydrogens (tertiary/aromatic N) is 1. The fourth-order valence-electron chi connectivity index (χ4n) is 0.805. The molecule has 0 bridgehead atoms. The van der Waals surface area contributed by atoms with E-state index in [1.807, 2.05) is 0 Å². The van der Waals surface area contributed by atoms with Gasteiger partial charge in [-0.25, -0.2) is 0 Å². The third-order valence-electron chi connectivity index (χ3n) is 1.34. The first-order valence-electron chi connectivity index (χ1n) is 3.29. The second-order valence-electron chi connectivity index (χ2n) is 2.22. The number of rotatable bonds is 2. The van der Waals surface area contributed by atoms with Gasteiger partial charge in [-0.15, -0.1) is 0 Å². The highest BCUT2D eigenvalue weighted by Gasteiger charge is 2.31. The lowest BCUT2D eigenvalue weighted by Crippen LogP contribution is -2.26. The molecule has 0 aromatic rings. The number of amides is 1. The molecule has 1 atom stereocenters. The van der Waals surface area contributed by atoms with Gasteiger partial charge in [0, 0.05) is 7.05 Å². The highest BCUT2D eigenvalue weighted by atomic mass is 32.2. The molecule has 66 valence electrons. The van der Waals surface area contributed by atoms with E-state index in [9.17, 15) is 9.59 Å². The molecule has 1 amide bonds. The van der Waals surface area contributed by atoms with E-state index in [0.29, 0.717) is 5.17 Å². The molecule has 12 heavy (non-hydrogen) atoms. The topological polar surface area (TPSA) is 78.8 Å². The monoisotopic (exact) mass is 188 g/mol. The molecule has 0 spiro atoms. The highest BCUT2D eigenvalue weighted by molar-refractivity contribution is 8.15. The summed E-state index contributed by atoms with van der Waals surface area (Å²) in [6.45, 7) is 0. The van der Waals surface area contributed by atoms with E-state index in [1.165, 1.54) is 0 Å². The van der Waals surface area contributed by atoms with Gasteiger partial charge in [0.1, 0.15) is 5.25 Å². The van der Waals surface area contributed by atoms with Gasteiger partial charge in [-0.1, -0.05) is 11.8 Å². The zero-order chi connectivity index (χ0) is 9.14. The van der Waals surface area contributed by atoms with Gasteiger partial charge in [0.05, 0.1) is 6.42 Å². The summed E-state index contributed by atoms with van der Waals surface area (Å²) in [6, 6.07) is 0. The number of nitrogens with one attached hydrogen (secondary N) is 1. The van der Waals surface area contributed by atoms with E-state index in [1.54, 1.807) is 7.05 Å². The average Bonchev–Trinajstić information content (AvgIpc) is 2.31. The second kappa shape index (κ2) is 3.57. The summed E-state index contributed by atoms with van der Waals surface area (Å²) in [5.74, 6) is -1.25. The van der Waals surface area contributed by atoms with E-state index in [0.717, 1.165) is 11.8 Å². The van der Waals surface area contributed by atoms with Crippen molar-refractivity contribution in [1.82, 2.24) is 5.32 Å². The summed E-state index contributed by atoms with van der Waals surface area (Å²) in [5, 5.41) is 10.9. The largest absolute Gasteiger partial charge is 0.481 e. The molecule has 1 aliphatic heterocycles. The van der Waals surface area contributed by atoms with Crippen LogP contribution >= 0.6 is 11.8 Å². The zero-order valence-corrected chi connectivity index (χ0v) is 7.22. The smallest absolute Gasteiger partial charge is 0.305 e. The van der Waals surface area contributed by atoms with Crippen molar-refractivity contribution in [2.45, 2.75) is 11.7 Å². The fraction of sp³-hybridized carbons (Fsp3) is 0.500. The maximum atomic E-state index is 11.0. The Morgan fingerprint density at radius 3 is 2.92 bits per heavy atom. The van der Waals surface area contributed by atoms with E-state index >= 15 is 0 Å². The van der Waals surface area contributed by atoms with E-state index in [-0.39, 0.29) is 12.3 Å². The van der Waals surface area contributed by atoms with Gasteiger partial charge in [-0.2, -0.15) is 0 Å². The molecule has 0 aromatic heterocycles. The van der Waals surface area contributed by atoms with Crippen LogP contribution in [0.25, 0.3) is 0 Å². The molecule has 0 saturated carbocycles. The molecule has 1 fully saturated rings. The van der Waals surface area contributed by atoms with Crippen LogP contribution in [0, 0.1) is 0 Å². The average molecular weight is 188 g/mol. The minimum absolute atomic E-state index is 0.157. The molecule has 5 nitrogen and oxygen atoms in total. The van der Waals surface area contributed by atoms with Crippen molar-refractivity contribution in [1.29, 1.82) is 0 Å². The molecule has 0 aromatic carbocycles. The van der Waals surface area contributed by atoms with Crippen molar-refractivity contribution in [3.05, 3.63) is 0 Å². The quantitative estimate of drug-likeness (QED) is 0.622. The Kier molecular flexibility index (Phi) is 2.69. The minimum atomic E-state index is -0.972. The molecular formula is C6H8N2O3S. The minimum Gasteiger partial charge on any atom is -0.481 e. The third-order valence-corrected chi connectivity index (χ3v) is 2.51. The fourth-order valence-corrected chi connectivity index (χ4v) is 1.73. The summed E-state index contributed by atoms with van der Waals surface area (Å²) in [5.41, 5.74) is 0. The van der Waals surface area contributed by atoms with Gasteiger partial charge in [-0.3, -0.25) is 14.6 Å². The Balaban J connectivity index is 2.58. The van der Waals surface area contributed by atoms with Gasteiger partial charge in [0.25, 0.3) is 0 Å². The number of amidine groups is 1. The Labute approximate surface area is 73.2 Å². The number of carbonyl (C=O) groups excluding carboxylic acids is 1. The van der Waals surface area contributed by atoms with E-state index in [2.05, 4.69) is 10.3 Å². The molecular weight excluding hydrogens is 180 g/mol. The predicted octanol–water partition coefficient (Wildman–Crippen LogP) is -0.322. The summed E-state index contributed by atoms with van der Waals surface area (Å²) in [4.78, 5) is 25.0. The van der Waals surface area contributed by atoms with Crippen molar-refractivity contribution >= 4 is 28.8 Å². The molecule has 0 aliphatic carbocycles. The van der Waals surface area contributed by atoms with Gasteiger partial charge in [0.2, 0.25) is 5.91 Å². The number of hydrogen-bond acceptors (Lipinski definition) is 4. The number of carboxylic acids is 1. The van der Waals surface area contributed by atoms with Gasteiger partial charge in [-0.05, 0) is 0 Å². The van der Waals surface area contributed by atoms with Gasteiger partial charge >= 0.3 is 5.97 Å². The highest BCUT2D eigenvalue weighted by Crippen LogP contribution is 2.21. The second-order valence-corrected chi connectivity index (χ2v) is 3.41. The normalized spacial score (nSPS) is 25.9. The number of thioether (sulfide) groups is 1. The number of hydrogen-bond donors (Lipinski definition) is 2. The Morgan fingerprint density at radius 2 is 2.50 bits per heavy atom. The molecule has 1 heterocycles. The van der Waals surface area contributed by atoms with Gasteiger partial charge in [0.15, 0.2) is 5.17 Å². The first-order valence-corrected chi connectivity index (χ1v) is 4.17. The zero-order valence-electron chi connectivity index (χ0n) is 6.40. The van der Waals surface area contributed by atoms with Crippen molar-refractivity contribution in [2.24, 2.45) is 4.99 Å². The molecule has 1 rings (SSSR count). The Bertz CT molecular complexity index is 251. The number of aliphatic imine (C=N–C) groups is 1. The first kappa shape index (κ1) is 9.05. The van der Waals surface area contributed by atoms with Crippen molar-refractivity contribution in [3.63, 3.8) is 0 Å². The number of carboxylic acid groups (broad SMARTS) is 1. The van der Waals surface area contributed by atoms with Crippen LogP contribution in [0.1, 0.15) is 6.42 Å². The van der Waals surface area contributed by atoms with Crippen molar-refractivity contribution in [3.8, 4) is 0 Å². The first-order chi connectivity index (χ1) is 5.63. The summed E-state index contributed by atoms with van der Waals surface area (Å²) in [6.07, 6.45) is -0.157. The third kappa shape index (κ3) is 1.97. The summed E-state index contributed by atoms with van der Waals surface area (Å²) >= 11 is 1.16. The molecule has 1 aliphatic rings. The SMILES string of the molecule is CN=C1NC(=O)C(CC(=O)O)S1. The van der Waals surface area contributed by atoms with Crippen LogP contribution in [0.3, 0.4) is 0 Å². The lowest BCUT2D eigenvalue weighted by molar-refractivity contribution is -0.138. The number of aliphatic carboxylic acids is 1. The standard InChI is InChI=1S/C6H8N2O3S/c1-7-6-8-5(11)3(12-6)2-4(9)10/h3H,2H2,1H3,(H,9,10)(H,7,8,11). The summed E-state index contributed by atoms with van der Waals surface area (Å²) < 4.78 is 0. The van der Waals surface area contributed by atoms with Crippen LogP contribution in [0.4, 0.5) is 0 Å². The van der Waals surface area contributed by atoms with Crippen LogP contribution in [0.15, 0.2) is 4.99 Å². The maximum Gasteiger partial charge on any atom is 0.305 e. The van der Waals surface area contributed by atoms with Crippen LogP contribution in [0.2, 0.25) is 0 Å². The molecule has 1 unspecified atom stereocenters. The lowest BCUT2D eigenvalue weighted by atomic mass is 10.3. The van der Waals surface area contributed by atoms with Crippen LogP contribution in [0.5, 0.6) is 0 Å². The van der Waals surface area contributed by atoms with Crippen molar-refractivity contribution < 1.29 is 14.7 Å². The molecule has 2 N–H and O–H groups in total. The lowest BCUT2D eigenvalue weighted by Gasteiger charge is -1.97. The number of carbonyl (C=O) groups is 2. The van der Waals surface area contributed by atoms with Crippen molar-refractivity contribution in [2.75, 3.05) is 7.05 Å². The Morgan fingerprint density at radius 1 is 1.83 bits per heavy atom. The molecule has 6 heteroatoms. The predicted molar refractivity (Wildman–Crippen MR) is 45.1 cm³/mol. The van der Waals surface area contributed by atoms with E-state index < -0.39 is 11.2 Å². The Hall–Kier alpha value is -1.04. The van der Waals surface area contributed by atoms with E-state index in [4.69, 9.17) is 5.11 Å². The summed E-state index contributed by atoms with van der Waals surface area (Å²) in [7, 11) is 1.55. The molecule has 1 saturated heterocycles. The van der Waals surface area contributed by atoms with Crippen LogP contribution in [-0.2, 0) is 9.59 Å². The maximum absolute atomic E-state index is 11.0. The van der Waals surface area contributed by atoms with Crippen LogP contribution in [-0.4, -0.2) is 34.4 Å².